The van der Waals surface area contributed by atoms with Crippen molar-refractivity contribution < 1.29 is 18.2 Å². The van der Waals surface area contributed by atoms with Gasteiger partial charge in [-0.2, -0.15) is 0 Å². The van der Waals surface area contributed by atoms with Gasteiger partial charge in [0.25, 0.3) is 0 Å². The van der Waals surface area contributed by atoms with Gasteiger partial charge in [0, 0.05) is 3.57 Å². The molecule has 0 bridgehead atoms. The molecule has 0 aliphatic heterocycles. The van der Waals surface area contributed by atoms with Crippen molar-refractivity contribution >= 4 is 58.9 Å². The maximum absolute atomic E-state index is 5.00. The van der Waals surface area contributed by atoms with Gasteiger partial charge in [0.05, 0.1) is 0 Å². The molecule has 103 valence electrons. The average molecular weight is 515 g/mol. The van der Waals surface area contributed by atoms with E-state index >= 15 is 0 Å². The summed E-state index contributed by atoms with van der Waals surface area (Å²) in [5.74, 6) is 0. The Labute approximate surface area is 150 Å². The summed E-state index contributed by atoms with van der Waals surface area (Å²) in [4.78, 5) is 0. The molecule has 0 heterocycles. The van der Waals surface area contributed by atoms with Crippen LogP contribution in [0.1, 0.15) is 0 Å². The van der Waals surface area contributed by atoms with E-state index in [0.717, 1.165) is 0 Å². The van der Waals surface area contributed by atoms with Crippen LogP contribution in [0, 0.1) is 3.57 Å². The summed E-state index contributed by atoms with van der Waals surface area (Å²) in [6, 6.07) is 21.6. The first-order chi connectivity index (χ1) is 9.56. The van der Waals surface area contributed by atoms with Gasteiger partial charge in [0.2, 0.25) is 0 Å². The van der Waals surface area contributed by atoms with Crippen LogP contribution in [0.5, 0.6) is 0 Å². The van der Waals surface area contributed by atoms with Crippen LogP contribution < -0.4 is 0 Å². The Morgan fingerprint density at radius 3 is 2.10 bits per heavy atom. The fourth-order valence-corrected chi connectivity index (χ4v) is 2.32. The van der Waals surface area contributed by atoms with Gasteiger partial charge in [-0.1, -0.05) is 48.0 Å². The van der Waals surface area contributed by atoms with Crippen molar-refractivity contribution in [1.29, 1.82) is 0 Å². The number of benzene rings is 2. The summed E-state index contributed by atoms with van der Waals surface area (Å²) >= 11 is 0.203. The quantitative estimate of drug-likeness (QED) is 0.245. The number of hydrogen-bond acceptors (Lipinski definition) is 0. The fraction of sp³-hybridized carbons (Fsp3) is 0. The van der Waals surface area contributed by atoms with Crippen LogP contribution in [-0.2, 0) is 18.2 Å². The molecule has 0 atom stereocenters. The summed E-state index contributed by atoms with van der Waals surface area (Å²) in [5, 5.41) is 2.63. The van der Waals surface area contributed by atoms with Crippen molar-refractivity contribution in [3.63, 3.8) is 0 Å². The third kappa shape index (κ3) is 5.07. The predicted octanol–water partition coefficient (Wildman–Crippen LogP) is 6.90. The van der Waals surface area contributed by atoms with Crippen molar-refractivity contribution in [1.82, 2.24) is 0 Å². The van der Waals surface area contributed by atoms with Crippen molar-refractivity contribution in [3.8, 4) is 11.1 Å². The summed E-state index contributed by atoms with van der Waals surface area (Å²) < 4.78 is 1.28. The van der Waals surface area contributed by atoms with Gasteiger partial charge in [-0.15, -0.1) is 34.5 Å². The number of halogens is 4. The predicted molar refractivity (Wildman–Crippen MR) is 95.3 cm³/mol. The molecule has 3 aromatic rings. The van der Waals surface area contributed by atoms with Gasteiger partial charge in [-0.3, -0.25) is 0 Å². The monoisotopic (exact) mass is 512 g/mol. The third-order valence-corrected chi connectivity index (χ3v) is 3.51. The van der Waals surface area contributed by atoms with Crippen LogP contribution in [0.3, 0.4) is 0 Å². The molecule has 0 nitrogen and oxygen atoms in total. The van der Waals surface area contributed by atoms with E-state index < -0.39 is 18.2 Å². The van der Waals surface area contributed by atoms with Gasteiger partial charge in [-0.05, 0) is 22.6 Å². The fourth-order valence-electron chi connectivity index (χ4n) is 1.96. The van der Waals surface area contributed by atoms with Crippen LogP contribution in [0.4, 0.5) is 0 Å². The van der Waals surface area contributed by atoms with Crippen molar-refractivity contribution in [2.24, 2.45) is 0 Å². The van der Waals surface area contributed by atoms with Gasteiger partial charge in [0.15, 0.2) is 0 Å². The molecular formula is C15H10Cl3IZr-. The van der Waals surface area contributed by atoms with Crippen LogP contribution in [0.2, 0.25) is 0 Å². The molecule has 0 N–H and O–H groups in total. The van der Waals surface area contributed by atoms with Gasteiger partial charge < -0.3 is 0 Å². The number of hydrogen-bond donors (Lipinski definition) is 0. The molecule has 0 fully saturated rings. The molecule has 20 heavy (non-hydrogen) atoms. The second-order valence-electron chi connectivity index (χ2n) is 4.09. The van der Waals surface area contributed by atoms with Crippen molar-refractivity contribution in [2.45, 2.75) is 0 Å². The summed E-state index contributed by atoms with van der Waals surface area (Å²) in [6.45, 7) is 0. The molecule has 3 rings (SSSR count). The Kier molecular flexibility index (Phi) is 6.96. The average Bonchev–Trinajstić information content (AvgIpc) is 2.82. The van der Waals surface area contributed by atoms with Crippen LogP contribution in [0.15, 0.2) is 60.7 Å². The molecule has 0 amide bonds. The topological polar surface area (TPSA) is 0 Å². The first kappa shape index (κ1) is 16.9. The minimum atomic E-state index is -2.13. The molecule has 0 aliphatic rings. The van der Waals surface area contributed by atoms with E-state index in [0.29, 0.717) is 0 Å². The third-order valence-electron chi connectivity index (χ3n) is 2.80. The van der Waals surface area contributed by atoms with Crippen LogP contribution in [0.25, 0.3) is 21.9 Å². The molecule has 0 aliphatic carbocycles. The molecule has 0 unspecified atom stereocenters. The minimum absolute atomic E-state index is 1.28. The van der Waals surface area contributed by atoms with Crippen molar-refractivity contribution in [3.05, 3.63) is 64.2 Å². The molecule has 5 heteroatoms. The summed E-state index contributed by atoms with van der Waals surface area (Å²) in [7, 11) is 15.0. The molecular weight excluding hydrogens is 505 g/mol. The van der Waals surface area contributed by atoms with E-state index in [2.05, 4.69) is 83.3 Å². The zero-order chi connectivity index (χ0) is 14.5. The van der Waals surface area contributed by atoms with Gasteiger partial charge in [0.1, 0.15) is 0 Å². The maximum atomic E-state index is 5.00. The second-order valence-corrected chi connectivity index (χ2v) is 16.5. The molecule has 0 spiro atoms. The van der Waals surface area contributed by atoms with Gasteiger partial charge in [-0.25, -0.2) is 0 Å². The molecule has 0 saturated heterocycles. The Hall–Kier alpha value is 0.533. The Morgan fingerprint density at radius 2 is 1.50 bits per heavy atom. The van der Waals surface area contributed by atoms with Crippen molar-refractivity contribution in [2.75, 3.05) is 0 Å². The van der Waals surface area contributed by atoms with E-state index in [9.17, 15) is 0 Å². The number of rotatable bonds is 1. The van der Waals surface area contributed by atoms with Gasteiger partial charge >= 0.3 is 43.7 Å². The SMILES string of the molecule is Ic1ccc(-c2cc3ccccc3[cH-]2)cc1.[Cl][Zr]([Cl])[Cl]. The van der Waals surface area contributed by atoms with Crippen LogP contribution in [-0.4, -0.2) is 0 Å². The summed E-state index contributed by atoms with van der Waals surface area (Å²) in [6.07, 6.45) is 0. The molecule has 0 aromatic heterocycles. The zero-order valence-corrected chi connectivity index (χ0v) is 17.2. The van der Waals surface area contributed by atoms with E-state index in [1.807, 2.05) is 0 Å². The normalized spacial score (nSPS) is 10.0. The van der Waals surface area contributed by atoms with E-state index in [1.54, 1.807) is 0 Å². The first-order valence-electron chi connectivity index (χ1n) is 5.81. The van der Waals surface area contributed by atoms with E-state index in [-0.39, 0.29) is 0 Å². The van der Waals surface area contributed by atoms with Crippen LogP contribution >= 0.6 is 48.1 Å². The summed E-state index contributed by atoms with van der Waals surface area (Å²) in [5.41, 5.74) is 2.59. The molecule has 0 radical (unpaired) electrons. The van der Waals surface area contributed by atoms with E-state index in [4.69, 9.17) is 25.5 Å². The Morgan fingerprint density at radius 1 is 0.900 bits per heavy atom. The Bertz CT molecular complexity index is 641. The zero-order valence-electron chi connectivity index (χ0n) is 10.3. The number of fused-ring (bicyclic) bond motifs is 1. The first-order valence-corrected chi connectivity index (χ1v) is 16.4. The second kappa shape index (κ2) is 8.24. The van der Waals surface area contributed by atoms with E-state index in [1.165, 1.54) is 25.5 Å². The Balaban J connectivity index is 0.000000328. The molecule has 0 saturated carbocycles. The standard InChI is InChI=1S/C15H10I.3ClH.Zr/c16-15-7-5-11(6-8-15)14-9-12-3-1-2-4-13(12)10-14;;;;/h1-10H;3*1H;/q-1;;;;+3/p-3. The molecule has 3 aromatic carbocycles.